The highest BCUT2D eigenvalue weighted by Gasteiger charge is 2.07. The van der Waals surface area contributed by atoms with Gasteiger partial charge in [-0.1, -0.05) is 7.43 Å². The van der Waals surface area contributed by atoms with E-state index >= 15 is 0 Å². The molecule has 3 aliphatic rings. The Labute approximate surface area is 144 Å². The van der Waals surface area contributed by atoms with Crippen LogP contribution in [0.4, 0.5) is 0 Å². The molecule has 0 saturated carbocycles. The van der Waals surface area contributed by atoms with Gasteiger partial charge in [0.05, 0.1) is 13.2 Å². The van der Waals surface area contributed by atoms with Crippen molar-refractivity contribution in [2.75, 3.05) is 107 Å². The predicted molar refractivity (Wildman–Crippen MR) is 100 cm³/mol. The summed E-state index contributed by atoms with van der Waals surface area (Å²) in [6.07, 6.45) is 0. The Hall–Kier alpha value is -0.240. The number of piperazine rings is 2. The molecule has 0 atom stereocenters. The van der Waals surface area contributed by atoms with Crippen LogP contribution >= 0.6 is 0 Å². The van der Waals surface area contributed by atoms with Crippen LogP contribution in [0, 0.1) is 0 Å². The fourth-order valence-corrected chi connectivity index (χ4v) is 2.34. The molecule has 0 unspecified atom stereocenters. The number of rotatable bonds is 0. The summed E-state index contributed by atoms with van der Waals surface area (Å²) in [5.74, 6) is 0. The van der Waals surface area contributed by atoms with E-state index in [9.17, 15) is 0 Å². The van der Waals surface area contributed by atoms with Crippen LogP contribution in [0.2, 0.25) is 0 Å². The van der Waals surface area contributed by atoms with E-state index in [1.165, 1.54) is 39.3 Å². The van der Waals surface area contributed by atoms with Gasteiger partial charge in [-0.2, -0.15) is 0 Å². The molecular formula is C17H41N5O. The van der Waals surface area contributed by atoms with Crippen LogP contribution < -0.4 is 5.32 Å². The quantitative estimate of drug-likeness (QED) is 0.671. The first-order chi connectivity index (χ1) is 10.6. The van der Waals surface area contributed by atoms with Crippen molar-refractivity contribution in [3.63, 3.8) is 0 Å². The van der Waals surface area contributed by atoms with Crippen LogP contribution in [0.15, 0.2) is 0 Å². The monoisotopic (exact) mass is 331 g/mol. The largest absolute Gasteiger partial charge is 0.379 e. The Bertz CT molecular complexity index is 221. The van der Waals surface area contributed by atoms with Gasteiger partial charge in [0.1, 0.15) is 0 Å². The van der Waals surface area contributed by atoms with Crippen LogP contribution in [0.1, 0.15) is 7.43 Å². The normalized spacial score (nSPS) is 24.5. The SMILES string of the molecule is C.CN1CCN(C)CC1.CN1CCNCC1.CN1CCOCC1. The highest BCUT2D eigenvalue weighted by atomic mass is 16.5. The summed E-state index contributed by atoms with van der Waals surface area (Å²) >= 11 is 0. The van der Waals surface area contributed by atoms with Gasteiger partial charge < -0.3 is 29.7 Å². The van der Waals surface area contributed by atoms with E-state index < -0.39 is 0 Å². The number of nitrogens with zero attached hydrogens (tertiary/aromatic N) is 4. The van der Waals surface area contributed by atoms with E-state index in [0.717, 1.165) is 39.4 Å². The molecule has 3 saturated heterocycles. The molecular weight excluding hydrogens is 290 g/mol. The molecule has 3 aliphatic heterocycles. The second-order valence-corrected chi connectivity index (χ2v) is 6.58. The minimum absolute atomic E-state index is 0. The summed E-state index contributed by atoms with van der Waals surface area (Å²) in [5.41, 5.74) is 0. The maximum atomic E-state index is 5.10. The minimum atomic E-state index is 0. The lowest BCUT2D eigenvalue weighted by molar-refractivity contribution is 0.0503. The fourth-order valence-electron chi connectivity index (χ4n) is 2.34. The topological polar surface area (TPSA) is 34.2 Å². The van der Waals surface area contributed by atoms with Gasteiger partial charge in [-0.05, 0) is 28.2 Å². The van der Waals surface area contributed by atoms with E-state index in [1.807, 2.05) is 0 Å². The van der Waals surface area contributed by atoms with Crippen molar-refractivity contribution < 1.29 is 4.74 Å². The summed E-state index contributed by atoms with van der Waals surface area (Å²) in [7, 11) is 8.61. The van der Waals surface area contributed by atoms with E-state index in [2.05, 4.69) is 53.1 Å². The first-order valence-electron chi connectivity index (χ1n) is 8.60. The van der Waals surface area contributed by atoms with E-state index in [-0.39, 0.29) is 7.43 Å². The molecule has 0 aromatic carbocycles. The first kappa shape index (κ1) is 22.8. The van der Waals surface area contributed by atoms with Crippen molar-refractivity contribution in [2.45, 2.75) is 7.43 Å². The Morgan fingerprint density at radius 1 is 0.565 bits per heavy atom. The third-order valence-electron chi connectivity index (χ3n) is 4.30. The van der Waals surface area contributed by atoms with Crippen molar-refractivity contribution >= 4 is 0 Å². The van der Waals surface area contributed by atoms with Crippen LogP contribution in [0.5, 0.6) is 0 Å². The predicted octanol–water partition coefficient (Wildman–Crippen LogP) is -0.0305. The minimum Gasteiger partial charge on any atom is -0.379 e. The average Bonchev–Trinajstić information content (AvgIpc) is 2.53. The molecule has 0 aromatic heterocycles. The fraction of sp³-hybridized carbons (Fsp3) is 1.00. The Morgan fingerprint density at radius 2 is 0.913 bits per heavy atom. The maximum absolute atomic E-state index is 5.10. The van der Waals surface area contributed by atoms with E-state index in [1.54, 1.807) is 0 Å². The summed E-state index contributed by atoms with van der Waals surface area (Å²) in [5, 5.41) is 3.27. The molecule has 3 rings (SSSR count). The first-order valence-corrected chi connectivity index (χ1v) is 8.60. The number of hydrogen-bond acceptors (Lipinski definition) is 6. The molecule has 1 N–H and O–H groups in total. The van der Waals surface area contributed by atoms with Crippen molar-refractivity contribution in [2.24, 2.45) is 0 Å². The third kappa shape index (κ3) is 12.8. The van der Waals surface area contributed by atoms with Gasteiger partial charge in [0.2, 0.25) is 0 Å². The second kappa shape index (κ2) is 14.1. The maximum Gasteiger partial charge on any atom is 0.0594 e. The molecule has 23 heavy (non-hydrogen) atoms. The summed E-state index contributed by atoms with van der Waals surface area (Å²) < 4.78 is 5.10. The number of morpholine rings is 1. The average molecular weight is 332 g/mol. The summed E-state index contributed by atoms with van der Waals surface area (Å²) in [6, 6.07) is 0. The number of nitrogens with one attached hydrogen (secondary N) is 1. The lowest BCUT2D eigenvalue weighted by atomic mass is 10.4. The van der Waals surface area contributed by atoms with Crippen LogP contribution in [-0.2, 0) is 4.74 Å². The third-order valence-corrected chi connectivity index (χ3v) is 4.30. The Morgan fingerprint density at radius 3 is 1.17 bits per heavy atom. The zero-order valence-electron chi connectivity index (χ0n) is 15.2. The van der Waals surface area contributed by atoms with Gasteiger partial charge in [-0.15, -0.1) is 0 Å². The van der Waals surface area contributed by atoms with Gasteiger partial charge in [0.25, 0.3) is 0 Å². The van der Waals surface area contributed by atoms with Crippen molar-refractivity contribution in [3.05, 3.63) is 0 Å². The van der Waals surface area contributed by atoms with Gasteiger partial charge in [0.15, 0.2) is 0 Å². The zero-order valence-corrected chi connectivity index (χ0v) is 15.2. The number of hydrogen-bond donors (Lipinski definition) is 1. The molecule has 140 valence electrons. The molecule has 0 aliphatic carbocycles. The summed E-state index contributed by atoms with van der Waals surface area (Å²) in [4.78, 5) is 9.32. The smallest absolute Gasteiger partial charge is 0.0594 e. The van der Waals surface area contributed by atoms with Crippen LogP contribution in [0.25, 0.3) is 0 Å². The van der Waals surface area contributed by atoms with Crippen molar-refractivity contribution in [3.8, 4) is 0 Å². The molecule has 0 amide bonds. The molecule has 0 radical (unpaired) electrons. The molecule has 6 nitrogen and oxygen atoms in total. The molecule has 0 aromatic rings. The van der Waals surface area contributed by atoms with E-state index in [0.29, 0.717) is 0 Å². The number of likely N-dealkylation sites (N-methyl/N-ethyl adjacent to an activating group) is 4. The Balaban J connectivity index is 0.000000310. The molecule has 6 heteroatoms. The van der Waals surface area contributed by atoms with Crippen molar-refractivity contribution in [1.82, 2.24) is 24.9 Å². The van der Waals surface area contributed by atoms with Crippen LogP contribution in [-0.4, -0.2) is 126 Å². The highest BCUT2D eigenvalue weighted by molar-refractivity contribution is 4.64. The number of ether oxygens (including phenoxy) is 1. The van der Waals surface area contributed by atoms with E-state index in [4.69, 9.17) is 4.74 Å². The standard InChI is InChI=1S/C6H14N2.C5H12N2.C5H11NO.CH4/c1-7-3-5-8(2)6-4-7;1-7-4-2-6-3-5-7;1-6-2-4-7-5-3-6;/h3-6H2,1-2H3;6H,2-5H2,1H3;2-5H2,1H3;1H4. The lowest BCUT2D eigenvalue weighted by Crippen LogP contribution is -2.42. The van der Waals surface area contributed by atoms with Gasteiger partial charge in [-0.25, -0.2) is 0 Å². The molecule has 0 bridgehead atoms. The zero-order chi connectivity index (χ0) is 16.2. The van der Waals surface area contributed by atoms with Gasteiger partial charge >= 0.3 is 0 Å². The second-order valence-electron chi connectivity index (χ2n) is 6.58. The molecule has 0 spiro atoms. The van der Waals surface area contributed by atoms with Gasteiger partial charge in [0, 0.05) is 65.4 Å². The van der Waals surface area contributed by atoms with Crippen LogP contribution in [0.3, 0.4) is 0 Å². The highest BCUT2D eigenvalue weighted by Crippen LogP contribution is 1.93. The summed E-state index contributed by atoms with van der Waals surface area (Å²) in [6.45, 7) is 13.7. The Kier molecular flexibility index (Phi) is 14.0. The lowest BCUT2D eigenvalue weighted by Gasteiger charge is -2.28. The molecule has 3 fully saturated rings. The van der Waals surface area contributed by atoms with Crippen molar-refractivity contribution in [1.29, 1.82) is 0 Å². The van der Waals surface area contributed by atoms with Gasteiger partial charge in [-0.3, -0.25) is 0 Å². The molecule has 3 heterocycles.